The predicted octanol–water partition coefficient (Wildman–Crippen LogP) is 3.96. The van der Waals surface area contributed by atoms with Crippen LogP contribution in [0.2, 0.25) is 0 Å². The van der Waals surface area contributed by atoms with Crippen molar-refractivity contribution in [3.05, 3.63) is 59.2 Å². The lowest BCUT2D eigenvalue weighted by atomic mass is 9.81. The lowest BCUT2D eigenvalue weighted by Crippen LogP contribution is -2.30. The molecule has 0 radical (unpaired) electrons. The molecule has 104 valence electrons. The number of rotatable bonds is 1. The Balaban J connectivity index is 2.08. The van der Waals surface area contributed by atoms with Gasteiger partial charge in [0.25, 0.3) is 0 Å². The first-order chi connectivity index (χ1) is 9.41. The number of benzene rings is 2. The molecule has 3 rings (SSSR count). The molecule has 0 spiro atoms. The van der Waals surface area contributed by atoms with Gasteiger partial charge in [-0.3, -0.25) is 0 Å². The maximum atomic E-state index is 13.5. The van der Waals surface area contributed by atoms with Crippen LogP contribution in [0, 0.1) is 11.6 Å². The quantitative estimate of drug-likeness (QED) is 0.799. The first-order valence-electron chi connectivity index (χ1n) is 6.46. The number of nitrogens with two attached hydrogens (primary N) is 1. The van der Waals surface area contributed by atoms with Gasteiger partial charge in [-0.15, -0.1) is 0 Å². The summed E-state index contributed by atoms with van der Waals surface area (Å²) < 4.78 is 32.6. The van der Waals surface area contributed by atoms with Crippen molar-refractivity contribution in [2.24, 2.45) is 0 Å². The molecule has 20 heavy (non-hydrogen) atoms. The molecule has 1 aliphatic heterocycles. The zero-order valence-corrected chi connectivity index (χ0v) is 11.3. The Hall–Kier alpha value is -2.10. The van der Waals surface area contributed by atoms with Crippen molar-refractivity contribution in [1.82, 2.24) is 0 Å². The lowest BCUT2D eigenvalue weighted by Gasteiger charge is -2.29. The molecule has 2 unspecified atom stereocenters. The zero-order valence-electron chi connectivity index (χ0n) is 11.3. The van der Waals surface area contributed by atoms with Crippen LogP contribution in [-0.2, 0) is 5.60 Å². The largest absolute Gasteiger partial charge is 0.482 e. The van der Waals surface area contributed by atoms with Crippen LogP contribution in [-0.4, -0.2) is 0 Å². The average Bonchev–Trinajstić information content (AvgIpc) is 2.67. The van der Waals surface area contributed by atoms with Gasteiger partial charge in [0.2, 0.25) is 0 Å². The molecular weight excluding hydrogens is 260 g/mol. The van der Waals surface area contributed by atoms with E-state index in [2.05, 4.69) is 0 Å². The smallest absolute Gasteiger partial charge is 0.159 e. The van der Waals surface area contributed by atoms with E-state index in [9.17, 15) is 8.78 Å². The fourth-order valence-electron chi connectivity index (χ4n) is 2.73. The average molecular weight is 275 g/mol. The van der Waals surface area contributed by atoms with Gasteiger partial charge in [-0.2, -0.15) is 0 Å². The van der Waals surface area contributed by atoms with E-state index in [0.717, 1.165) is 17.4 Å². The Bertz CT molecular complexity index is 686. The molecule has 4 heteroatoms. The standard InChI is InChI=1S/C16H15F2NO/c1-9-12-8-11(19)4-6-15(12)20-16(9,2)10-3-5-13(17)14(18)7-10/h3-9H,19H2,1-2H3. The molecule has 2 aromatic carbocycles. The van der Waals surface area contributed by atoms with E-state index in [4.69, 9.17) is 10.5 Å². The van der Waals surface area contributed by atoms with E-state index in [1.165, 1.54) is 6.07 Å². The molecule has 0 fully saturated rings. The van der Waals surface area contributed by atoms with Gasteiger partial charge in [-0.25, -0.2) is 8.78 Å². The highest BCUT2D eigenvalue weighted by atomic mass is 19.2. The molecular formula is C16H15F2NO. The third-order valence-electron chi connectivity index (χ3n) is 4.14. The second-order valence-electron chi connectivity index (χ2n) is 5.36. The molecule has 1 aliphatic rings. The van der Waals surface area contributed by atoms with E-state index >= 15 is 0 Å². The normalized spacial score (nSPS) is 24.3. The van der Waals surface area contributed by atoms with E-state index in [1.807, 2.05) is 26.0 Å². The van der Waals surface area contributed by atoms with Gasteiger partial charge in [0, 0.05) is 17.2 Å². The van der Waals surface area contributed by atoms with Crippen LogP contribution in [0.15, 0.2) is 36.4 Å². The molecule has 0 amide bonds. The van der Waals surface area contributed by atoms with Crippen molar-refractivity contribution in [2.45, 2.75) is 25.4 Å². The molecule has 2 nitrogen and oxygen atoms in total. The molecule has 0 aliphatic carbocycles. The SMILES string of the molecule is CC1c2cc(N)ccc2OC1(C)c1ccc(F)c(F)c1. The number of nitrogen functional groups attached to an aromatic ring is 1. The Morgan fingerprint density at radius 1 is 1.10 bits per heavy atom. The van der Waals surface area contributed by atoms with Gasteiger partial charge in [0.05, 0.1) is 0 Å². The number of hydrogen-bond acceptors (Lipinski definition) is 2. The van der Waals surface area contributed by atoms with Gasteiger partial charge in [-0.05, 0) is 42.8 Å². The molecule has 0 saturated carbocycles. The van der Waals surface area contributed by atoms with Crippen LogP contribution in [0.4, 0.5) is 14.5 Å². The maximum absolute atomic E-state index is 13.5. The lowest BCUT2D eigenvalue weighted by molar-refractivity contribution is 0.0919. The molecule has 1 heterocycles. The minimum absolute atomic E-state index is 0.00846. The highest BCUT2D eigenvalue weighted by Gasteiger charge is 2.43. The van der Waals surface area contributed by atoms with E-state index < -0.39 is 17.2 Å². The topological polar surface area (TPSA) is 35.2 Å². The van der Waals surface area contributed by atoms with E-state index in [1.54, 1.807) is 12.1 Å². The number of fused-ring (bicyclic) bond motifs is 1. The summed E-state index contributed by atoms with van der Waals surface area (Å²) in [6.45, 7) is 3.87. The second kappa shape index (κ2) is 4.20. The van der Waals surface area contributed by atoms with Crippen molar-refractivity contribution >= 4 is 5.69 Å². The van der Waals surface area contributed by atoms with Crippen molar-refractivity contribution < 1.29 is 13.5 Å². The predicted molar refractivity (Wildman–Crippen MR) is 73.6 cm³/mol. The summed E-state index contributed by atoms with van der Waals surface area (Å²) in [6.07, 6.45) is 0. The Labute approximate surface area is 116 Å². The Morgan fingerprint density at radius 3 is 2.55 bits per heavy atom. The first kappa shape index (κ1) is 12.9. The van der Waals surface area contributed by atoms with Crippen molar-refractivity contribution in [2.75, 3.05) is 5.73 Å². The van der Waals surface area contributed by atoms with Crippen molar-refractivity contribution in [3.63, 3.8) is 0 Å². The van der Waals surface area contributed by atoms with E-state index in [-0.39, 0.29) is 5.92 Å². The third-order valence-corrected chi connectivity index (χ3v) is 4.14. The van der Waals surface area contributed by atoms with Crippen LogP contribution in [0.25, 0.3) is 0 Å². The molecule has 0 bridgehead atoms. The summed E-state index contributed by atoms with van der Waals surface area (Å²) in [6, 6.07) is 9.33. The van der Waals surface area contributed by atoms with Gasteiger partial charge >= 0.3 is 0 Å². The van der Waals surface area contributed by atoms with Crippen LogP contribution in [0.5, 0.6) is 5.75 Å². The van der Waals surface area contributed by atoms with Crippen LogP contribution in [0.3, 0.4) is 0 Å². The maximum Gasteiger partial charge on any atom is 0.159 e. The van der Waals surface area contributed by atoms with Gasteiger partial charge in [0.15, 0.2) is 11.6 Å². The fourth-order valence-corrected chi connectivity index (χ4v) is 2.73. The molecule has 2 atom stereocenters. The fraction of sp³-hybridized carbons (Fsp3) is 0.250. The Morgan fingerprint density at radius 2 is 1.85 bits per heavy atom. The number of anilines is 1. The third kappa shape index (κ3) is 1.75. The Kier molecular flexibility index (Phi) is 2.71. The minimum Gasteiger partial charge on any atom is -0.482 e. The highest BCUT2D eigenvalue weighted by Crippen LogP contribution is 2.50. The summed E-state index contributed by atoms with van der Waals surface area (Å²) in [5, 5.41) is 0. The summed E-state index contributed by atoms with van der Waals surface area (Å²) in [5.41, 5.74) is 7.32. The zero-order chi connectivity index (χ0) is 14.5. The van der Waals surface area contributed by atoms with Gasteiger partial charge < -0.3 is 10.5 Å². The molecule has 2 N–H and O–H groups in total. The minimum atomic E-state index is -0.866. The summed E-state index contributed by atoms with van der Waals surface area (Å²) in [5.74, 6) is -0.996. The molecule has 2 aromatic rings. The van der Waals surface area contributed by atoms with Gasteiger partial charge in [0.1, 0.15) is 11.4 Å². The number of ether oxygens (including phenoxy) is 1. The highest BCUT2D eigenvalue weighted by molar-refractivity contribution is 5.53. The van der Waals surface area contributed by atoms with Gasteiger partial charge in [-0.1, -0.05) is 13.0 Å². The monoisotopic (exact) mass is 275 g/mol. The molecule has 0 saturated heterocycles. The van der Waals surface area contributed by atoms with E-state index in [0.29, 0.717) is 11.3 Å². The summed E-state index contributed by atoms with van der Waals surface area (Å²) in [4.78, 5) is 0. The van der Waals surface area contributed by atoms with Crippen molar-refractivity contribution in [3.8, 4) is 5.75 Å². The summed E-state index contributed by atoms with van der Waals surface area (Å²) in [7, 11) is 0. The molecule has 0 aromatic heterocycles. The van der Waals surface area contributed by atoms with Crippen LogP contribution < -0.4 is 10.5 Å². The first-order valence-corrected chi connectivity index (χ1v) is 6.46. The number of halogens is 2. The van der Waals surface area contributed by atoms with Crippen molar-refractivity contribution in [1.29, 1.82) is 0 Å². The number of hydrogen-bond donors (Lipinski definition) is 1. The van der Waals surface area contributed by atoms with Crippen LogP contribution >= 0.6 is 0 Å². The summed E-state index contributed by atoms with van der Waals surface area (Å²) >= 11 is 0. The second-order valence-corrected chi connectivity index (χ2v) is 5.36. The van der Waals surface area contributed by atoms with Crippen LogP contribution in [0.1, 0.15) is 30.9 Å².